The molecule has 8 nitrogen and oxygen atoms in total. The molecule has 7 rings (SSSR count). The Kier molecular flexibility index (Phi) is 7.39. The highest BCUT2D eigenvalue weighted by atomic mass is 79.9. The summed E-state index contributed by atoms with van der Waals surface area (Å²) in [4.78, 5) is 59.5. The van der Waals surface area contributed by atoms with Crippen molar-refractivity contribution in [2.24, 2.45) is 29.1 Å². The summed E-state index contributed by atoms with van der Waals surface area (Å²) in [6.45, 7) is 1.76. The first kappa shape index (κ1) is 30.4. The molecule has 5 aliphatic rings. The van der Waals surface area contributed by atoms with Crippen molar-refractivity contribution >= 4 is 56.8 Å². The maximum Gasteiger partial charge on any atom is 0.241 e. The second-order valence-corrected chi connectivity index (χ2v) is 14.4. The van der Waals surface area contributed by atoms with Crippen LogP contribution in [0.1, 0.15) is 63.4 Å². The lowest BCUT2D eigenvalue weighted by Crippen LogP contribution is -2.49. The fourth-order valence-corrected chi connectivity index (χ4v) is 9.54. The summed E-state index contributed by atoms with van der Waals surface area (Å²) in [5, 5.41) is 10.4. The predicted octanol–water partition coefficient (Wildman–Crippen LogP) is 6.52. The molecular formula is C34H33BrClFN2O6. The molecule has 45 heavy (non-hydrogen) atoms. The van der Waals surface area contributed by atoms with E-state index in [0.29, 0.717) is 16.5 Å². The summed E-state index contributed by atoms with van der Waals surface area (Å²) in [7, 11) is 1.43. The van der Waals surface area contributed by atoms with Crippen molar-refractivity contribution in [1.29, 1.82) is 0 Å². The first-order valence-electron chi connectivity index (χ1n) is 15.5. The van der Waals surface area contributed by atoms with E-state index >= 15 is 0 Å². The minimum atomic E-state index is -1.30. The number of hydrogen-bond acceptors (Lipinski definition) is 6. The van der Waals surface area contributed by atoms with Crippen molar-refractivity contribution in [2.45, 2.75) is 63.8 Å². The summed E-state index contributed by atoms with van der Waals surface area (Å²) in [6, 6.07) is 7.02. The van der Waals surface area contributed by atoms with Gasteiger partial charge in [-0.05, 0) is 90.4 Å². The largest absolute Gasteiger partial charge is 0.503 e. The Hall–Kier alpha value is -3.24. The molecular weight excluding hydrogens is 667 g/mol. The van der Waals surface area contributed by atoms with Crippen LogP contribution in [-0.2, 0) is 19.2 Å². The number of methoxy groups -OCH3 is 1. The Bertz CT molecular complexity index is 1690. The highest BCUT2D eigenvalue weighted by molar-refractivity contribution is 9.10. The fourth-order valence-electron chi connectivity index (χ4n) is 8.91. The van der Waals surface area contributed by atoms with Gasteiger partial charge in [0.2, 0.25) is 23.6 Å². The quantitative estimate of drug-likeness (QED) is 0.288. The van der Waals surface area contributed by atoms with Gasteiger partial charge in [-0.25, -0.2) is 9.29 Å². The number of benzene rings is 2. The van der Waals surface area contributed by atoms with Gasteiger partial charge in [0, 0.05) is 12.0 Å². The van der Waals surface area contributed by atoms with E-state index in [4.69, 9.17) is 16.3 Å². The highest BCUT2D eigenvalue weighted by Crippen LogP contribution is 2.64. The van der Waals surface area contributed by atoms with Crippen LogP contribution in [0.2, 0.25) is 5.02 Å². The van der Waals surface area contributed by atoms with Crippen molar-refractivity contribution < 1.29 is 33.4 Å². The third kappa shape index (κ3) is 4.34. The van der Waals surface area contributed by atoms with Crippen molar-refractivity contribution in [3.63, 3.8) is 0 Å². The van der Waals surface area contributed by atoms with Crippen LogP contribution in [0.15, 0.2) is 46.5 Å². The first-order valence-corrected chi connectivity index (χ1v) is 16.6. The first-order chi connectivity index (χ1) is 21.5. The molecule has 2 aromatic carbocycles. The molecule has 2 heterocycles. The van der Waals surface area contributed by atoms with Gasteiger partial charge >= 0.3 is 0 Å². The number of carbonyl (C=O) groups excluding carboxylic acids is 4. The van der Waals surface area contributed by atoms with Gasteiger partial charge in [0.15, 0.2) is 11.5 Å². The average Bonchev–Trinajstić information content (AvgIpc) is 3.39. The van der Waals surface area contributed by atoms with E-state index in [0.717, 1.165) is 48.6 Å². The molecule has 3 aliphatic carbocycles. The smallest absolute Gasteiger partial charge is 0.241 e. The molecule has 4 amide bonds. The molecule has 6 atom stereocenters. The molecule has 0 aromatic heterocycles. The molecule has 236 valence electrons. The number of fused-ring (bicyclic) bond motifs is 4. The number of ether oxygens (including phenoxy) is 1. The van der Waals surface area contributed by atoms with Gasteiger partial charge in [-0.1, -0.05) is 42.5 Å². The summed E-state index contributed by atoms with van der Waals surface area (Å²) < 4.78 is 19.9. The zero-order chi connectivity index (χ0) is 31.9. The second-order valence-electron chi connectivity index (χ2n) is 13.2. The normalized spacial score (nSPS) is 31.6. The number of aromatic hydroxyl groups is 1. The van der Waals surface area contributed by atoms with Crippen molar-refractivity contribution in [3.8, 4) is 11.5 Å². The van der Waals surface area contributed by atoms with E-state index < -0.39 is 52.6 Å². The standard InChI is InChI=1S/C34H33BrClFN2O6/c1-34-22(31(42)39(33(34)44)18-8-11-25(37)24(36)14-18)15-21-19(28(34)16-12-23(35)29(40)26(13-16)45-2)9-10-20-27(21)32(43)38(30(20)41)17-6-4-3-5-7-17/h8-9,11-14,17,20-22,27-28,40H,3-7,10,15H2,1-2H3. The minimum Gasteiger partial charge on any atom is -0.503 e. The minimum absolute atomic E-state index is 0.107. The van der Waals surface area contributed by atoms with Gasteiger partial charge in [0.25, 0.3) is 0 Å². The third-order valence-corrected chi connectivity index (χ3v) is 11.9. The van der Waals surface area contributed by atoms with Crippen LogP contribution < -0.4 is 9.64 Å². The maximum absolute atomic E-state index is 14.6. The number of phenols is 1. The van der Waals surface area contributed by atoms with Gasteiger partial charge in [0.05, 0.1) is 45.5 Å². The molecule has 2 aliphatic heterocycles. The monoisotopic (exact) mass is 698 g/mol. The summed E-state index contributed by atoms with van der Waals surface area (Å²) >= 11 is 9.50. The van der Waals surface area contributed by atoms with E-state index in [1.165, 1.54) is 24.1 Å². The Morgan fingerprint density at radius 3 is 2.44 bits per heavy atom. The van der Waals surface area contributed by atoms with Crippen LogP contribution in [0.3, 0.4) is 0 Å². The Morgan fingerprint density at radius 2 is 1.76 bits per heavy atom. The van der Waals surface area contributed by atoms with Crippen LogP contribution in [0, 0.1) is 34.9 Å². The van der Waals surface area contributed by atoms with Gasteiger partial charge < -0.3 is 9.84 Å². The lowest BCUT2D eigenvalue weighted by atomic mass is 9.51. The van der Waals surface area contributed by atoms with Crippen LogP contribution in [0.5, 0.6) is 11.5 Å². The molecule has 0 spiro atoms. The third-order valence-electron chi connectivity index (χ3n) is 11.0. The summed E-state index contributed by atoms with van der Waals surface area (Å²) in [5.74, 6) is -4.96. The number of imide groups is 2. The zero-order valence-corrected chi connectivity index (χ0v) is 27.2. The average molecular weight is 700 g/mol. The molecule has 1 N–H and O–H groups in total. The fraction of sp³-hybridized carbons (Fsp3) is 0.471. The number of carbonyl (C=O) groups is 4. The summed E-state index contributed by atoms with van der Waals surface area (Å²) in [6.07, 6.45) is 7.21. The van der Waals surface area contributed by atoms with E-state index in [9.17, 15) is 28.7 Å². The number of rotatable bonds is 4. The number of anilines is 1. The SMILES string of the molecule is COc1cc(C2C3=CCC4C(=O)N(C5CCCCC5)C(=O)C4C3CC3C(=O)N(c4ccc(F)c(Cl)c4)C(=O)C32C)cc(Br)c1O. The van der Waals surface area contributed by atoms with Crippen LogP contribution >= 0.6 is 27.5 Å². The van der Waals surface area contributed by atoms with Crippen molar-refractivity contribution in [3.05, 3.63) is 62.9 Å². The predicted molar refractivity (Wildman–Crippen MR) is 167 cm³/mol. The lowest BCUT2D eigenvalue weighted by Gasteiger charge is -2.49. The van der Waals surface area contributed by atoms with E-state index in [2.05, 4.69) is 15.9 Å². The number of amides is 4. The Balaban J connectivity index is 1.37. The van der Waals surface area contributed by atoms with E-state index in [-0.39, 0.29) is 46.5 Å². The second kappa shape index (κ2) is 10.9. The number of allylic oxidation sites excluding steroid dienone is 2. The summed E-state index contributed by atoms with van der Waals surface area (Å²) in [5.41, 5.74) is 0.324. The lowest BCUT2D eigenvalue weighted by molar-refractivity contribution is -0.144. The number of nitrogens with zero attached hydrogens (tertiary/aromatic N) is 2. The molecule has 2 saturated carbocycles. The molecule has 2 aromatic rings. The number of phenolic OH excluding ortho intramolecular Hbond substituents is 1. The van der Waals surface area contributed by atoms with Gasteiger partial charge in [-0.15, -0.1) is 0 Å². The molecule has 0 bridgehead atoms. The molecule has 4 fully saturated rings. The number of hydrogen-bond donors (Lipinski definition) is 1. The molecule has 6 unspecified atom stereocenters. The van der Waals surface area contributed by atoms with Crippen molar-refractivity contribution in [1.82, 2.24) is 4.90 Å². The van der Waals surface area contributed by atoms with Crippen LogP contribution in [0.25, 0.3) is 0 Å². The topological polar surface area (TPSA) is 104 Å². The van der Waals surface area contributed by atoms with Crippen molar-refractivity contribution in [2.75, 3.05) is 12.0 Å². The van der Waals surface area contributed by atoms with Gasteiger partial charge in [-0.3, -0.25) is 24.1 Å². The maximum atomic E-state index is 14.6. The zero-order valence-electron chi connectivity index (χ0n) is 24.9. The van der Waals surface area contributed by atoms with E-state index in [1.807, 2.05) is 6.08 Å². The van der Waals surface area contributed by atoms with E-state index in [1.54, 1.807) is 19.1 Å². The molecule has 11 heteroatoms. The number of halogens is 3. The Morgan fingerprint density at radius 1 is 1.02 bits per heavy atom. The van der Waals surface area contributed by atoms with Crippen LogP contribution in [0.4, 0.5) is 10.1 Å². The van der Waals surface area contributed by atoms with Crippen LogP contribution in [-0.4, -0.2) is 46.8 Å². The molecule has 2 saturated heterocycles. The van der Waals surface area contributed by atoms with Gasteiger partial charge in [-0.2, -0.15) is 0 Å². The van der Waals surface area contributed by atoms with Gasteiger partial charge in [0.1, 0.15) is 5.82 Å². The number of likely N-dealkylation sites (tertiary alicyclic amines) is 1. The molecule has 0 radical (unpaired) electrons. The highest BCUT2D eigenvalue weighted by Gasteiger charge is 2.68. The Labute approximate surface area is 273 Å².